The van der Waals surface area contributed by atoms with Crippen molar-refractivity contribution in [3.05, 3.63) is 76.1 Å². The van der Waals surface area contributed by atoms with E-state index in [-0.39, 0.29) is 11.7 Å². The molecule has 1 aromatic heterocycles. The van der Waals surface area contributed by atoms with Crippen LogP contribution in [-0.2, 0) is 6.42 Å². The van der Waals surface area contributed by atoms with Crippen molar-refractivity contribution < 1.29 is 9.53 Å². The Morgan fingerprint density at radius 2 is 1.92 bits per heavy atom. The van der Waals surface area contributed by atoms with Gasteiger partial charge in [0.2, 0.25) is 0 Å². The Hall–Kier alpha value is -2.59. The normalized spacial score (nSPS) is 16.4. The van der Waals surface area contributed by atoms with Gasteiger partial charge in [-0.3, -0.25) is 4.79 Å². The van der Waals surface area contributed by atoms with Crippen LogP contribution in [0.4, 0.5) is 0 Å². The van der Waals surface area contributed by atoms with E-state index in [1.54, 1.807) is 7.11 Å². The van der Waals surface area contributed by atoms with Crippen LogP contribution in [0, 0.1) is 6.92 Å². The Balaban J connectivity index is 1.77. The third kappa shape index (κ3) is 2.90. The van der Waals surface area contributed by atoms with E-state index in [0.717, 1.165) is 40.4 Å². The summed E-state index contributed by atoms with van der Waals surface area (Å²) in [6, 6.07) is 15.5. The number of hydrogen-bond acceptors (Lipinski definition) is 3. The molecule has 3 aromatic rings. The predicted molar refractivity (Wildman–Crippen MR) is 102 cm³/mol. The molecule has 0 bridgehead atoms. The average Bonchev–Trinajstić information content (AvgIpc) is 2.99. The largest absolute Gasteiger partial charge is 0.497 e. The Morgan fingerprint density at radius 1 is 1.15 bits per heavy atom. The zero-order chi connectivity index (χ0) is 18.3. The maximum absolute atomic E-state index is 12.8. The third-order valence-electron chi connectivity index (χ3n) is 4.94. The highest BCUT2D eigenvalue weighted by Crippen LogP contribution is 2.36. The second kappa shape index (κ2) is 6.61. The summed E-state index contributed by atoms with van der Waals surface area (Å²) in [5.74, 6) is 1.05. The van der Waals surface area contributed by atoms with Gasteiger partial charge >= 0.3 is 0 Å². The van der Waals surface area contributed by atoms with Crippen LogP contribution in [0.1, 0.15) is 39.6 Å². The molecule has 2 aromatic carbocycles. The molecule has 0 radical (unpaired) electrons. The summed E-state index contributed by atoms with van der Waals surface area (Å²) >= 11 is 6.15. The van der Waals surface area contributed by atoms with Gasteiger partial charge in [0.05, 0.1) is 29.7 Å². The van der Waals surface area contributed by atoms with Gasteiger partial charge < -0.3 is 4.74 Å². The molecule has 0 amide bonds. The van der Waals surface area contributed by atoms with E-state index >= 15 is 0 Å². The van der Waals surface area contributed by atoms with Crippen molar-refractivity contribution in [1.82, 2.24) is 9.78 Å². The number of hydrogen-bond donors (Lipinski definition) is 0. The maximum atomic E-state index is 12.8. The monoisotopic (exact) mass is 366 g/mol. The Labute approximate surface area is 157 Å². The number of carbonyl (C=O) groups excluding carboxylic acids is 1. The minimum Gasteiger partial charge on any atom is -0.497 e. The number of carbonyl (C=O) groups is 1. The van der Waals surface area contributed by atoms with E-state index in [2.05, 4.69) is 5.10 Å². The lowest BCUT2D eigenvalue weighted by molar-refractivity contribution is 0.0963. The first-order valence-electron chi connectivity index (χ1n) is 8.58. The van der Waals surface area contributed by atoms with Crippen LogP contribution in [0.15, 0.2) is 48.5 Å². The molecule has 0 spiro atoms. The summed E-state index contributed by atoms with van der Waals surface area (Å²) in [6.45, 7) is 1.90. The van der Waals surface area contributed by atoms with Crippen LogP contribution in [0.5, 0.6) is 5.75 Å². The van der Waals surface area contributed by atoms with Crippen LogP contribution < -0.4 is 4.74 Å². The standard InChI is InChI=1S/C21H19ClN2O2/c1-13-21-19(24(23-13)17-6-8-18(26-2)9-7-17)11-15(12-20(21)25)14-4-3-5-16(22)10-14/h3-10,15H,11-12H2,1-2H3/t15-/m0/s1. The first-order valence-corrected chi connectivity index (χ1v) is 8.96. The summed E-state index contributed by atoms with van der Waals surface area (Å²) < 4.78 is 7.12. The molecule has 5 heteroatoms. The molecule has 1 aliphatic carbocycles. The number of benzene rings is 2. The zero-order valence-electron chi connectivity index (χ0n) is 14.7. The van der Waals surface area contributed by atoms with Gasteiger partial charge in [-0.15, -0.1) is 0 Å². The minimum absolute atomic E-state index is 0.113. The SMILES string of the molecule is COc1ccc(-n2nc(C)c3c2C[C@H](c2cccc(Cl)c2)CC3=O)cc1. The molecule has 26 heavy (non-hydrogen) atoms. The van der Waals surface area contributed by atoms with E-state index in [1.165, 1.54) is 0 Å². The number of fused-ring (bicyclic) bond motifs is 1. The Kier molecular flexibility index (Phi) is 4.29. The average molecular weight is 367 g/mol. The van der Waals surface area contributed by atoms with Crippen LogP contribution in [-0.4, -0.2) is 22.7 Å². The number of aromatic nitrogens is 2. The number of methoxy groups -OCH3 is 1. The number of Topliss-reactive ketones (excluding diaryl/α,β-unsaturated/α-hetero) is 1. The van der Waals surface area contributed by atoms with Crippen molar-refractivity contribution in [1.29, 1.82) is 0 Å². The Morgan fingerprint density at radius 3 is 2.62 bits per heavy atom. The fraction of sp³-hybridized carbons (Fsp3) is 0.238. The second-order valence-electron chi connectivity index (χ2n) is 6.60. The van der Waals surface area contributed by atoms with Crippen molar-refractivity contribution >= 4 is 17.4 Å². The number of ether oxygens (including phenoxy) is 1. The summed E-state index contributed by atoms with van der Waals surface area (Å²) in [5, 5.41) is 5.34. The fourth-order valence-corrected chi connectivity index (χ4v) is 3.89. The smallest absolute Gasteiger partial charge is 0.167 e. The summed E-state index contributed by atoms with van der Waals surface area (Å²) in [6.07, 6.45) is 1.25. The molecular formula is C21H19ClN2O2. The molecule has 0 unspecified atom stereocenters. The van der Waals surface area contributed by atoms with Crippen LogP contribution in [0.2, 0.25) is 5.02 Å². The molecule has 1 atom stereocenters. The Bertz CT molecular complexity index is 976. The quantitative estimate of drug-likeness (QED) is 0.671. The highest BCUT2D eigenvalue weighted by Gasteiger charge is 2.32. The van der Waals surface area contributed by atoms with Gasteiger partial charge in [-0.05, 0) is 61.2 Å². The van der Waals surface area contributed by atoms with E-state index in [9.17, 15) is 4.79 Å². The highest BCUT2D eigenvalue weighted by atomic mass is 35.5. The van der Waals surface area contributed by atoms with Crippen molar-refractivity contribution in [3.8, 4) is 11.4 Å². The van der Waals surface area contributed by atoms with Crippen molar-refractivity contribution in [2.45, 2.75) is 25.7 Å². The van der Waals surface area contributed by atoms with Crippen LogP contribution in [0.3, 0.4) is 0 Å². The number of aryl methyl sites for hydroxylation is 1. The van der Waals surface area contributed by atoms with Gasteiger partial charge in [0.15, 0.2) is 5.78 Å². The van der Waals surface area contributed by atoms with Crippen molar-refractivity contribution in [2.75, 3.05) is 7.11 Å². The predicted octanol–water partition coefficient (Wildman–Crippen LogP) is 4.76. The summed E-state index contributed by atoms with van der Waals surface area (Å²) in [4.78, 5) is 12.8. The topological polar surface area (TPSA) is 44.1 Å². The van der Waals surface area contributed by atoms with Gasteiger partial charge in [-0.2, -0.15) is 5.10 Å². The van der Waals surface area contributed by atoms with Crippen molar-refractivity contribution in [3.63, 3.8) is 0 Å². The van der Waals surface area contributed by atoms with E-state index in [1.807, 2.05) is 60.1 Å². The number of nitrogens with zero attached hydrogens (tertiary/aromatic N) is 2. The second-order valence-corrected chi connectivity index (χ2v) is 7.04. The highest BCUT2D eigenvalue weighted by molar-refractivity contribution is 6.30. The summed E-state index contributed by atoms with van der Waals surface area (Å²) in [7, 11) is 1.64. The van der Waals surface area contributed by atoms with Crippen LogP contribution >= 0.6 is 11.6 Å². The first-order chi connectivity index (χ1) is 12.6. The molecular weight excluding hydrogens is 348 g/mol. The lowest BCUT2D eigenvalue weighted by atomic mass is 9.81. The molecule has 132 valence electrons. The van der Waals surface area contributed by atoms with Crippen molar-refractivity contribution in [2.24, 2.45) is 0 Å². The maximum Gasteiger partial charge on any atom is 0.167 e. The van der Waals surface area contributed by atoms with Crippen LogP contribution in [0.25, 0.3) is 5.69 Å². The molecule has 4 rings (SSSR count). The fourth-order valence-electron chi connectivity index (χ4n) is 3.69. The van der Waals surface area contributed by atoms with E-state index < -0.39 is 0 Å². The third-order valence-corrected chi connectivity index (χ3v) is 5.18. The van der Waals surface area contributed by atoms with E-state index in [4.69, 9.17) is 16.3 Å². The van der Waals surface area contributed by atoms with Gasteiger partial charge in [-0.25, -0.2) is 4.68 Å². The molecule has 4 nitrogen and oxygen atoms in total. The van der Waals surface area contributed by atoms with Gasteiger partial charge in [-0.1, -0.05) is 23.7 Å². The van der Waals surface area contributed by atoms with Gasteiger partial charge in [0.25, 0.3) is 0 Å². The molecule has 0 saturated heterocycles. The van der Waals surface area contributed by atoms with Gasteiger partial charge in [0.1, 0.15) is 5.75 Å². The molecule has 0 saturated carbocycles. The molecule has 0 fully saturated rings. The first kappa shape index (κ1) is 16.9. The summed E-state index contributed by atoms with van der Waals surface area (Å²) in [5.41, 5.74) is 4.53. The molecule has 1 aliphatic rings. The number of rotatable bonds is 3. The number of halogens is 1. The lowest BCUT2D eigenvalue weighted by Crippen LogP contribution is -2.20. The van der Waals surface area contributed by atoms with Gasteiger partial charge in [0, 0.05) is 11.4 Å². The number of ketones is 1. The zero-order valence-corrected chi connectivity index (χ0v) is 15.5. The molecule has 0 aliphatic heterocycles. The minimum atomic E-state index is 0.113. The van der Waals surface area contributed by atoms with E-state index in [0.29, 0.717) is 11.4 Å². The lowest BCUT2D eigenvalue weighted by Gasteiger charge is -2.23. The molecule has 0 N–H and O–H groups in total. The molecule has 1 heterocycles.